The number of aromatic nitrogens is 1. The Labute approximate surface area is 171 Å². The molecule has 0 unspecified atom stereocenters. The highest BCUT2D eigenvalue weighted by Gasteiger charge is 2.32. The maximum Gasteiger partial charge on any atom is 0.573 e. The number of nitrogens with two attached hydrogens (primary N) is 1. The van der Waals surface area contributed by atoms with Crippen LogP contribution in [-0.2, 0) is 10.0 Å². The van der Waals surface area contributed by atoms with Crippen LogP contribution in [0.4, 0.5) is 26.3 Å². The van der Waals surface area contributed by atoms with Crippen LogP contribution in [0.15, 0.2) is 45.8 Å². The van der Waals surface area contributed by atoms with E-state index in [1.54, 1.807) is 0 Å². The normalized spacial score (nSPS) is 12.4. The molecule has 0 radical (unpaired) electrons. The Hall–Kier alpha value is -3.06. The summed E-state index contributed by atoms with van der Waals surface area (Å²) in [4.78, 5) is -0.871. The van der Waals surface area contributed by atoms with Crippen LogP contribution in [-0.4, -0.2) is 19.9 Å². The van der Waals surface area contributed by atoms with Crippen LogP contribution in [0, 0.1) is 12.7 Å². The van der Waals surface area contributed by atoms with E-state index < -0.39 is 50.6 Å². The lowest BCUT2D eigenvalue weighted by atomic mass is 9.98. The predicted molar refractivity (Wildman–Crippen MR) is 95.1 cm³/mol. The number of sulfonamides is 1. The fraction of sp³-hybridized carbons (Fsp3) is 0.167. The largest absolute Gasteiger partial charge is 0.573 e. The average molecular weight is 466 g/mol. The third-order valence-electron chi connectivity index (χ3n) is 4.13. The summed E-state index contributed by atoms with van der Waals surface area (Å²) in [7, 11) is -4.42. The van der Waals surface area contributed by atoms with Gasteiger partial charge in [-0.2, -0.15) is 0 Å². The third kappa shape index (κ3) is 4.82. The molecular weight excluding hydrogens is 454 g/mol. The fourth-order valence-corrected chi connectivity index (χ4v) is 3.39. The van der Waals surface area contributed by atoms with E-state index in [0.29, 0.717) is 6.07 Å². The molecule has 2 N–H and O–H groups in total. The number of benzene rings is 2. The molecule has 1 heterocycles. The molecule has 0 amide bonds. The van der Waals surface area contributed by atoms with Crippen molar-refractivity contribution >= 4 is 10.0 Å². The van der Waals surface area contributed by atoms with Crippen LogP contribution in [0.2, 0.25) is 0 Å². The van der Waals surface area contributed by atoms with E-state index in [1.165, 1.54) is 19.1 Å². The standard InChI is InChI=1S/C18H12F6N2O4S/c1-8-2-3-10(7-12(8)29-18(22,23)24)15-14(16(17(20)21)30-26-15)9-4-5-13(11(19)6-9)31(25,27)28/h2-7,17H,1H3,(H2,25,27,28). The van der Waals surface area contributed by atoms with Crippen molar-refractivity contribution < 1.29 is 44.0 Å². The molecule has 0 atom stereocenters. The number of nitrogens with zero attached hydrogens (tertiary/aromatic N) is 1. The van der Waals surface area contributed by atoms with Gasteiger partial charge in [0.25, 0.3) is 6.43 Å². The molecule has 0 aliphatic rings. The molecule has 0 aliphatic carbocycles. The van der Waals surface area contributed by atoms with Crippen molar-refractivity contribution in [2.75, 3.05) is 0 Å². The first-order chi connectivity index (χ1) is 14.3. The fourth-order valence-electron chi connectivity index (χ4n) is 2.80. The molecule has 3 rings (SSSR count). The van der Waals surface area contributed by atoms with Crippen molar-refractivity contribution in [1.29, 1.82) is 0 Å². The summed E-state index contributed by atoms with van der Waals surface area (Å²) in [6, 6.07) is 5.81. The first kappa shape index (κ1) is 22.6. The van der Waals surface area contributed by atoms with Crippen molar-refractivity contribution in [2.24, 2.45) is 5.14 Å². The van der Waals surface area contributed by atoms with Crippen molar-refractivity contribution in [3.05, 3.63) is 53.5 Å². The van der Waals surface area contributed by atoms with Gasteiger partial charge in [0.05, 0.1) is 5.56 Å². The van der Waals surface area contributed by atoms with Crippen molar-refractivity contribution in [3.63, 3.8) is 0 Å². The lowest BCUT2D eigenvalue weighted by Crippen LogP contribution is -2.17. The highest BCUT2D eigenvalue weighted by atomic mass is 32.2. The molecule has 0 saturated carbocycles. The Balaban J connectivity index is 2.20. The molecule has 6 nitrogen and oxygen atoms in total. The van der Waals surface area contributed by atoms with Crippen LogP contribution in [0.5, 0.6) is 5.75 Å². The van der Waals surface area contributed by atoms with Gasteiger partial charge in [-0.3, -0.25) is 0 Å². The van der Waals surface area contributed by atoms with Crippen LogP contribution < -0.4 is 9.88 Å². The summed E-state index contributed by atoms with van der Waals surface area (Å²) in [6.07, 6.45) is -8.22. The SMILES string of the molecule is Cc1ccc(-c2noc(C(F)F)c2-c2ccc(S(N)(=O)=O)c(F)c2)cc1OC(F)(F)F. The maximum atomic E-state index is 14.3. The Morgan fingerprint density at radius 2 is 1.74 bits per heavy atom. The van der Waals surface area contributed by atoms with E-state index in [1.807, 2.05) is 0 Å². The molecule has 2 aromatic carbocycles. The Bertz CT molecular complexity index is 1240. The number of hydrogen-bond donors (Lipinski definition) is 1. The van der Waals surface area contributed by atoms with Crippen LogP contribution in [0.3, 0.4) is 0 Å². The molecule has 1 aromatic heterocycles. The summed E-state index contributed by atoms with van der Waals surface area (Å²) < 4.78 is 110. The number of ether oxygens (including phenoxy) is 1. The highest BCUT2D eigenvalue weighted by Crippen LogP contribution is 2.41. The molecule has 0 fully saturated rings. The monoisotopic (exact) mass is 466 g/mol. The lowest BCUT2D eigenvalue weighted by molar-refractivity contribution is -0.274. The van der Waals surface area contributed by atoms with Gasteiger partial charge >= 0.3 is 6.36 Å². The maximum absolute atomic E-state index is 14.3. The first-order valence-corrected chi connectivity index (χ1v) is 9.80. The second kappa shape index (κ2) is 7.89. The number of rotatable bonds is 5. The van der Waals surface area contributed by atoms with Gasteiger partial charge in [0.2, 0.25) is 15.8 Å². The van der Waals surface area contributed by atoms with E-state index in [4.69, 9.17) is 5.14 Å². The molecule has 31 heavy (non-hydrogen) atoms. The minimum atomic E-state index is -5.00. The minimum absolute atomic E-state index is 0.0913. The minimum Gasteiger partial charge on any atom is -0.405 e. The van der Waals surface area contributed by atoms with Gasteiger partial charge in [-0.25, -0.2) is 26.7 Å². The number of alkyl halides is 5. The molecule has 0 bridgehead atoms. The van der Waals surface area contributed by atoms with Gasteiger partial charge in [-0.1, -0.05) is 23.4 Å². The zero-order valence-corrected chi connectivity index (χ0v) is 16.2. The molecule has 0 saturated heterocycles. The van der Waals surface area contributed by atoms with Gasteiger partial charge in [0, 0.05) is 5.56 Å². The molecule has 166 valence electrons. The smallest absolute Gasteiger partial charge is 0.405 e. The van der Waals surface area contributed by atoms with E-state index in [2.05, 4.69) is 14.4 Å². The quantitative estimate of drug-likeness (QED) is 0.538. The molecular formula is C18H12F6N2O4S. The van der Waals surface area contributed by atoms with E-state index in [9.17, 15) is 34.8 Å². The number of primary sulfonamides is 1. The summed E-state index contributed by atoms with van der Waals surface area (Å²) in [6.45, 7) is 1.33. The van der Waals surface area contributed by atoms with Gasteiger partial charge in [0.15, 0.2) is 0 Å². The second-order valence-corrected chi connectivity index (χ2v) is 7.82. The molecule has 0 aliphatic heterocycles. The Kier molecular flexibility index (Phi) is 5.76. The number of halogens is 6. The lowest BCUT2D eigenvalue weighted by Gasteiger charge is -2.13. The zero-order chi connectivity index (χ0) is 23.1. The van der Waals surface area contributed by atoms with Gasteiger partial charge < -0.3 is 9.26 Å². The summed E-state index contributed by atoms with van der Waals surface area (Å²) in [5.41, 5.74) is -1.01. The van der Waals surface area contributed by atoms with E-state index in [0.717, 1.165) is 18.2 Å². The summed E-state index contributed by atoms with van der Waals surface area (Å²) in [5.74, 6) is -2.91. The predicted octanol–water partition coefficient (Wildman–Crippen LogP) is 4.94. The number of hydrogen-bond acceptors (Lipinski definition) is 5. The van der Waals surface area contributed by atoms with Crippen molar-refractivity contribution in [3.8, 4) is 28.1 Å². The Morgan fingerprint density at radius 3 is 2.29 bits per heavy atom. The van der Waals surface area contributed by atoms with Crippen LogP contribution in [0.1, 0.15) is 17.7 Å². The Morgan fingerprint density at radius 1 is 1.10 bits per heavy atom. The highest BCUT2D eigenvalue weighted by molar-refractivity contribution is 7.89. The summed E-state index contributed by atoms with van der Waals surface area (Å²) >= 11 is 0. The van der Waals surface area contributed by atoms with Crippen LogP contribution in [0.25, 0.3) is 22.4 Å². The molecule has 3 aromatic rings. The van der Waals surface area contributed by atoms with Crippen molar-refractivity contribution in [2.45, 2.75) is 24.6 Å². The van der Waals surface area contributed by atoms with Gasteiger partial charge in [-0.15, -0.1) is 13.2 Å². The van der Waals surface area contributed by atoms with Gasteiger partial charge in [-0.05, 0) is 36.2 Å². The molecule has 13 heteroatoms. The van der Waals surface area contributed by atoms with Crippen molar-refractivity contribution in [1.82, 2.24) is 5.16 Å². The second-order valence-electron chi connectivity index (χ2n) is 6.29. The zero-order valence-electron chi connectivity index (χ0n) is 15.4. The topological polar surface area (TPSA) is 95.4 Å². The average Bonchev–Trinajstić information content (AvgIpc) is 3.06. The van der Waals surface area contributed by atoms with E-state index in [-0.39, 0.29) is 22.4 Å². The number of aryl methyl sites for hydroxylation is 1. The summed E-state index contributed by atoms with van der Waals surface area (Å²) in [5, 5.41) is 8.38. The van der Waals surface area contributed by atoms with E-state index >= 15 is 0 Å². The first-order valence-electron chi connectivity index (χ1n) is 8.25. The van der Waals surface area contributed by atoms with Crippen LogP contribution >= 0.6 is 0 Å². The third-order valence-corrected chi connectivity index (χ3v) is 5.08. The van der Waals surface area contributed by atoms with Gasteiger partial charge in [0.1, 0.15) is 22.2 Å². The molecule has 0 spiro atoms.